The summed E-state index contributed by atoms with van der Waals surface area (Å²) in [5.74, 6) is -0.801. The van der Waals surface area contributed by atoms with Crippen LogP contribution in [0.5, 0.6) is 0 Å². The summed E-state index contributed by atoms with van der Waals surface area (Å²) in [4.78, 5) is 12.2. The van der Waals surface area contributed by atoms with Crippen LogP contribution in [-0.4, -0.2) is 15.6 Å². The van der Waals surface area contributed by atoms with Crippen molar-refractivity contribution in [3.8, 4) is 0 Å². The van der Waals surface area contributed by atoms with E-state index in [4.69, 9.17) is 0 Å². The average molecular weight is 390 g/mol. The average Bonchev–Trinajstić information content (AvgIpc) is 2.59. The van der Waals surface area contributed by atoms with E-state index in [1.165, 1.54) is 6.07 Å². The number of aromatic nitrogens is 2. The van der Waals surface area contributed by atoms with E-state index in [1.54, 1.807) is 23.9 Å². The van der Waals surface area contributed by atoms with E-state index in [0.717, 1.165) is 15.9 Å². The van der Waals surface area contributed by atoms with Gasteiger partial charge in [-0.15, -0.1) is 0 Å². The highest BCUT2D eigenvalue weighted by Crippen LogP contribution is 2.24. The van der Waals surface area contributed by atoms with Crippen molar-refractivity contribution in [3.05, 3.63) is 49.9 Å². The van der Waals surface area contributed by atoms with Crippen LogP contribution < -0.4 is 0 Å². The lowest BCUT2D eigenvalue weighted by Crippen LogP contribution is -2.10. The van der Waals surface area contributed by atoms with Gasteiger partial charge in [-0.2, -0.15) is 5.10 Å². The monoisotopic (exact) mass is 388 g/mol. The minimum atomic E-state index is -0.525. The third-order valence-corrected chi connectivity index (χ3v) is 4.49. The van der Waals surface area contributed by atoms with Crippen molar-refractivity contribution in [2.24, 2.45) is 7.05 Å². The molecule has 0 aliphatic carbocycles. The Bertz CT molecular complexity index is 652. The van der Waals surface area contributed by atoms with Crippen LogP contribution in [0.3, 0.4) is 0 Å². The molecule has 0 radical (unpaired) electrons. The van der Waals surface area contributed by atoms with Crippen molar-refractivity contribution in [1.29, 1.82) is 0 Å². The van der Waals surface area contributed by atoms with E-state index in [1.807, 2.05) is 6.92 Å². The van der Waals surface area contributed by atoms with Crippen LogP contribution in [0.25, 0.3) is 0 Å². The zero-order chi connectivity index (χ0) is 14.2. The third-order valence-electron chi connectivity index (χ3n) is 2.84. The van der Waals surface area contributed by atoms with Gasteiger partial charge in [-0.1, -0.05) is 6.07 Å². The van der Waals surface area contributed by atoms with Gasteiger partial charge in [0.2, 0.25) is 0 Å². The number of carbonyl (C=O) groups excluding carboxylic acids is 1. The quantitative estimate of drug-likeness (QED) is 0.748. The molecule has 0 spiro atoms. The summed E-state index contributed by atoms with van der Waals surface area (Å²) in [6.07, 6.45) is 0.102. The highest BCUT2D eigenvalue weighted by molar-refractivity contribution is 9.10. The maximum absolute atomic E-state index is 13.9. The standard InChI is InChI=1S/C13H11Br2FN2O/c1-7-12(15)10(18(2)17-7)6-11(19)8-4-3-5-9(14)13(8)16/h3-5H,6H2,1-2H3. The molecule has 2 rings (SSSR count). The summed E-state index contributed by atoms with van der Waals surface area (Å²) in [6.45, 7) is 1.84. The number of carbonyl (C=O) groups is 1. The molecule has 0 N–H and O–H groups in total. The first kappa shape index (κ1) is 14.4. The van der Waals surface area contributed by atoms with Crippen LogP contribution in [0.1, 0.15) is 21.7 Å². The van der Waals surface area contributed by atoms with E-state index < -0.39 is 5.82 Å². The molecule has 0 unspecified atom stereocenters. The van der Waals surface area contributed by atoms with E-state index in [2.05, 4.69) is 37.0 Å². The van der Waals surface area contributed by atoms with Crippen LogP contribution >= 0.6 is 31.9 Å². The summed E-state index contributed by atoms with van der Waals surface area (Å²) in [7, 11) is 1.76. The Kier molecular flexibility index (Phi) is 4.20. The Hall–Kier alpha value is -1.01. The van der Waals surface area contributed by atoms with Gasteiger partial charge in [0.05, 0.1) is 32.3 Å². The maximum atomic E-state index is 13.9. The van der Waals surface area contributed by atoms with Crippen molar-refractivity contribution in [2.45, 2.75) is 13.3 Å². The predicted molar refractivity (Wildman–Crippen MR) is 77.8 cm³/mol. The van der Waals surface area contributed by atoms with Gasteiger partial charge in [0.15, 0.2) is 5.78 Å². The lowest BCUT2D eigenvalue weighted by atomic mass is 10.1. The fourth-order valence-electron chi connectivity index (χ4n) is 1.84. The largest absolute Gasteiger partial charge is 0.294 e. The first-order chi connectivity index (χ1) is 8.91. The molecule has 0 saturated carbocycles. The highest BCUT2D eigenvalue weighted by Gasteiger charge is 2.19. The summed E-state index contributed by atoms with van der Waals surface area (Å²) in [6, 6.07) is 4.69. The van der Waals surface area contributed by atoms with Gasteiger partial charge in [0, 0.05) is 7.05 Å². The summed E-state index contributed by atoms with van der Waals surface area (Å²) in [5.41, 5.74) is 1.63. The number of benzene rings is 1. The molecule has 100 valence electrons. The summed E-state index contributed by atoms with van der Waals surface area (Å²) < 4.78 is 16.6. The van der Waals surface area contributed by atoms with Crippen LogP contribution in [0.2, 0.25) is 0 Å². The Labute approximate surface area is 127 Å². The molecule has 2 aromatic rings. The molecule has 6 heteroatoms. The number of aryl methyl sites for hydroxylation is 2. The Balaban J connectivity index is 2.34. The lowest BCUT2D eigenvalue weighted by molar-refractivity contribution is 0.0986. The number of Topliss-reactive ketones (excluding diaryl/α,β-unsaturated/α-hetero) is 1. The number of hydrogen-bond donors (Lipinski definition) is 0. The second-order valence-corrected chi connectivity index (χ2v) is 5.82. The molecule has 0 bridgehead atoms. The third kappa shape index (κ3) is 2.79. The Morgan fingerprint density at radius 3 is 2.68 bits per heavy atom. The maximum Gasteiger partial charge on any atom is 0.171 e. The van der Waals surface area contributed by atoms with E-state index in [9.17, 15) is 9.18 Å². The van der Waals surface area contributed by atoms with Crippen LogP contribution in [-0.2, 0) is 13.5 Å². The van der Waals surface area contributed by atoms with Gasteiger partial charge >= 0.3 is 0 Å². The minimum Gasteiger partial charge on any atom is -0.294 e. The fraction of sp³-hybridized carbons (Fsp3) is 0.231. The van der Waals surface area contributed by atoms with Gasteiger partial charge in [-0.3, -0.25) is 9.48 Å². The lowest BCUT2D eigenvalue weighted by Gasteiger charge is -2.05. The van der Waals surface area contributed by atoms with Crippen LogP contribution in [0.15, 0.2) is 27.1 Å². The molecule has 1 heterocycles. The normalized spacial score (nSPS) is 10.8. The number of nitrogens with zero attached hydrogens (tertiary/aromatic N) is 2. The molecule has 19 heavy (non-hydrogen) atoms. The number of halogens is 3. The smallest absolute Gasteiger partial charge is 0.171 e. The molecule has 0 aliphatic rings. The minimum absolute atomic E-state index is 0.0835. The highest BCUT2D eigenvalue weighted by atomic mass is 79.9. The second kappa shape index (κ2) is 5.54. The molecule has 1 aromatic carbocycles. The summed E-state index contributed by atoms with van der Waals surface area (Å²) in [5, 5.41) is 4.21. The Morgan fingerprint density at radius 1 is 1.42 bits per heavy atom. The van der Waals surface area contributed by atoms with Crippen LogP contribution in [0.4, 0.5) is 4.39 Å². The van der Waals surface area contributed by atoms with Gasteiger partial charge in [0.25, 0.3) is 0 Å². The van der Waals surface area contributed by atoms with Crippen molar-refractivity contribution in [2.75, 3.05) is 0 Å². The van der Waals surface area contributed by atoms with E-state index in [-0.39, 0.29) is 17.8 Å². The van der Waals surface area contributed by atoms with Gasteiger partial charge in [-0.25, -0.2) is 4.39 Å². The van der Waals surface area contributed by atoms with Crippen LogP contribution in [0, 0.1) is 12.7 Å². The molecular weight excluding hydrogens is 379 g/mol. The molecule has 0 amide bonds. The van der Waals surface area contributed by atoms with Crippen molar-refractivity contribution >= 4 is 37.6 Å². The molecular formula is C13H11Br2FN2O. The molecule has 1 aromatic heterocycles. The first-order valence-corrected chi connectivity index (χ1v) is 7.15. The van der Waals surface area contributed by atoms with Crippen molar-refractivity contribution in [3.63, 3.8) is 0 Å². The predicted octanol–water partition coefficient (Wildman–Crippen LogP) is 3.82. The fourth-order valence-corrected chi connectivity index (χ4v) is 2.68. The SMILES string of the molecule is Cc1nn(C)c(CC(=O)c2cccc(Br)c2F)c1Br. The zero-order valence-electron chi connectivity index (χ0n) is 10.4. The molecule has 3 nitrogen and oxygen atoms in total. The van der Waals surface area contributed by atoms with Crippen molar-refractivity contribution < 1.29 is 9.18 Å². The first-order valence-electron chi connectivity index (χ1n) is 5.57. The summed E-state index contributed by atoms with van der Waals surface area (Å²) >= 11 is 6.48. The number of ketones is 1. The number of hydrogen-bond acceptors (Lipinski definition) is 2. The van der Waals surface area contributed by atoms with E-state index in [0.29, 0.717) is 4.47 Å². The molecule has 0 fully saturated rings. The van der Waals surface area contributed by atoms with Gasteiger partial charge < -0.3 is 0 Å². The van der Waals surface area contributed by atoms with Gasteiger partial charge in [-0.05, 0) is 50.9 Å². The second-order valence-electron chi connectivity index (χ2n) is 4.17. The van der Waals surface area contributed by atoms with E-state index >= 15 is 0 Å². The van der Waals surface area contributed by atoms with Gasteiger partial charge in [0.1, 0.15) is 5.82 Å². The molecule has 0 aliphatic heterocycles. The van der Waals surface area contributed by atoms with Crippen molar-refractivity contribution in [1.82, 2.24) is 9.78 Å². The topological polar surface area (TPSA) is 34.9 Å². The molecule has 0 saturated heterocycles. The molecule has 0 atom stereocenters. The zero-order valence-corrected chi connectivity index (χ0v) is 13.5. The number of rotatable bonds is 3. The Morgan fingerprint density at radius 2 is 2.11 bits per heavy atom.